The van der Waals surface area contributed by atoms with Crippen LogP contribution in [0, 0.1) is 6.92 Å². The Hall–Kier alpha value is -3.51. The second-order valence-corrected chi connectivity index (χ2v) is 8.50. The number of carbonyl (C=O) groups excluding carboxylic acids is 1. The van der Waals surface area contributed by atoms with Gasteiger partial charge in [-0.05, 0) is 55.0 Å². The summed E-state index contributed by atoms with van der Waals surface area (Å²) in [7, 11) is 0. The Labute approximate surface area is 185 Å². The molecule has 5 nitrogen and oxygen atoms in total. The highest BCUT2D eigenvalue weighted by molar-refractivity contribution is 7.99. The maximum Gasteiger partial charge on any atom is 0.255 e. The van der Waals surface area contributed by atoms with E-state index in [4.69, 9.17) is 4.74 Å². The number of aryl methyl sites for hydroxylation is 1. The van der Waals surface area contributed by atoms with Crippen molar-refractivity contribution in [3.63, 3.8) is 0 Å². The molecule has 1 atom stereocenters. The van der Waals surface area contributed by atoms with Crippen LogP contribution < -0.4 is 10.1 Å². The van der Waals surface area contributed by atoms with Crippen molar-refractivity contribution in [3.8, 4) is 11.5 Å². The van der Waals surface area contributed by atoms with Crippen LogP contribution in [0.1, 0.15) is 32.6 Å². The Balaban J connectivity index is 1.33. The fraction of sp³-hybridized carbons (Fsp3) is 0.120. The van der Waals surface area contributed by atoms with E-state index in [1.807, 2.05) is 79.6 Å². The van der Waals surface area contributed by atoms with Gasteiger partial charge in [-0.3, -0.25) is 9.78 Å². The lowest BCUT2D eigenvalue weighted by atomic mass is 10.2. The first-order valence-corrected chi connectivity index (χ1v) is 11.1. The summed E-state index contributed by atoms with van der Waals surface area (Å²) < 4.78 is 8.13. The monoisotopic (exact) mass is 427 g/mol. The highest BCUT2D eigenvalue weighted by Crippen LogP contribution is 2.43. The molecule has 3 heterocycles. The van der Waals surface area contributed by atoms with Crippen molar-refractivity contribution in [2.75, 3.05) is 5.32 Å². The van der Waals surface area contributed by atoms with E-state index in [1.165, 1.54) is 0 Å². The third-order valence-electron chi connectivity index (χ3n) is 5.19. The van der Waals surface area contributed by atoms with E-state index < -0.39 is 0 Å². The zero-order valence-electron chi connectivity index (χ0n) is 17.0. The Morgan fingerprint density at radius 3 is 2.74 bits per heavy atom. The number of hydrogen-bond donors (Lipinski definition) is 1. The van der Waals surface area contributed by atoms with Gasteiger partial charge in [0, 0.05) is 35.5 Å². The molecule has 4 aromatic rings. The highest BCUT2D eigenvalue weighted by atomic mass is 32.2. The molecule has 6 heteroatoms. The summed E-state index contributed by atoms with van der Waals surface area (Å²) in [5.41, 5.74) is 4.78. The van der Waals surface area contributed by atoms with Crippen molar-refractivity contribution in [1.29, 1.82) is 0 Å². The van der Waals surface area contributed by atoms with E-state index in [9.17, 15) is 4.79 Å². The second-order valence-electron chi connectivity index (χ2n) is 7.43. The lowest BCUT2D eigenvalue weighted by Crippen LogP contribution is -2.12. The van der Waals surface area contributed by atoms with E-state index >= 15 is 0 Å². The molecule has 1 aliphatic heterocycles. The van der Waals surface area contributed by atoms with Crippen LogP contribution in [-0.2, 0) is 5.75 Å². The molecule has 0 saturated carbocycles. The minimum atomic E-state index is -0.154. The molecular weight excluding hydrogens is 406 g/mol. The van der Waals surface area contributed by atoms with E-state index in [-0.39, 0.29) is 11.3 Å². The van der Waals surface area contributed by atoms with Gasteiger partial charge in [-0.1, -0.05) is 24.3 Å². The highest BCUT2D eigenvalue weighted by Gasteiger charge is 2.27. The van der Waals surface area contributed by atoms with Crippen molar-refractivity contribution >= 4 is 23.4 Å². The van der Waals surface area contributed by atoms with Crippen molar-refractivity contribution in [2.45, 2.75) is 18.1 Å². The molecule has 0 aliphatic carbocycles. The number of carbonyl (C=O) groups is 1. The van der Waals surface area contributed by atoms with Crippen molar-refractivity contribution in [3.05, 3.63) is 108 Å². The zero-order chi connectivity index (χ0) is 21.2. The zero-order valence-corrected chi connectivity index (χ0v) is 17.8. The molecule has 5 rings (SSSR count). The molecule has 0 spiro atoms. The summed E-state index contributed by atoms with van der Waals surface area (Å²) in [4.78, 5) is 17.2. The Morgan fingerprint density at radius 1 is 1.10 bits per heavy atom. The summed E-state index contributed by atoms with van der Waals surface area (Å²) in [5, 5.41) is 3.25. The van der Waals surface area contributed by atoms with Crippen LogP contribution >= 0.6 is 11.8 Å². The molecule has 0 fully saturated rings. The fourth-order valence-corrected chi connectivity index (χ4v) is 5.00. The lowest BCUT2D eigenvalue weighted by molar-refractivity contribution is 0.102. The van der Waals surface area contributed by atoms with Gasteiger partial charge in [0.05, 0.1) is 11.4 Å². The Kier molecular flexibility index (Phi) is 5.22. The van der Waals surface area contributed by atoms with Crippen LogP contribution in [0.5, 0.6) is 11.5 Å². The number of pyridine rings is 1. The van der Waals surface area contributed by atoms with Crippen LogP contribution in [0.2, 0.25) is 0 Å². The smallest absolute Gasteiger partial charge is 0.255 e. The third kappa shape index (κ3) is 4.07. The topological polar surface area (TPSA) is 56.1 Å². The molecule has 1 N–H and O–H groups in total. The quantitative estimate of drug-likeness (QED) is 0.422. The molecule has 0 bridgehead atoms. The fourth-order valence-electron chi connectivity index (χ4n) is 3.69. The van der Waals surface area contributed by atoms with E-state index in [0.29, 0.717) is 11.3 Å². The SMILES string of the molecule is Cc1cccc(Oc2cccc(C(=O)Nc3ccn4c3CSC4c3cccnc3)c2)c1. The maximum atomic E-state index is 12.9. The Morgan fingerprint density at radius 2 is 1.94 bits per heavy atom. The summed E-state index contributed by atoms with van der Waals surface area (Å²) in [6.45, 7) is 2.02. The number of anilines is 1. The number of benzene rings is 2. The van der Waals surface area contributed by atoms with Gasteiger partial charge in [0.15, 0.2) is 0 Å². The van der Waals surface area contributed by atoms with Gasteiger partial charge >= 0.3 is 0 Å². The average molecular weight is 428 g/mol. The van der Waals surface area contributed by atoms with Gasteiger partial charge in [0.1, 0.15) is 16.9 Å². The summed E-state index contributed by atoms with van der Waals surface area (Å²) in [5.74, 6) is 2.06. The van der Waals surface area contributed by atoms with Gasteiger partial charge in [0.2, 0.25) is 0 Å². The number of nitrogens with one attached hydrogen (secondary N) is 1. The molecule has 1 aliphatic rings. The van der Waals surface area contributed by atoms with Gasteiger partial charge in [-0.15, -0.1) is 11.8 Å². The number of thioether (sulfide) groups is 1. The second kappa shape index (κ2) is 8.32. The lowest BCUT2D eigenvalue weighted by Gasteiger charge is -2.12. The molecule has 2 aromatic carbocycles. The molecule has 0 radical (unpaired) electrons. The van der Waals surface area contributed by atoms with E-state index in [0.717, 1.165) is 34.0 Å². The third-order valence-corrected chi connectivity index (χ3v) is 6.45. The van der Waals surface area contributed by atoms with E-state index in [2.05, 4.69) is 20.9 Å². The predicted octanol–water partition coefficient (Wildman–Crippen LogP) is 6.03. The van der Waals surface area contributed by atoms with Crippen molar-refractivity contribution in [2.24, 2.45) is 0 Å². The van der Waals surface area contributed by atoms with Crippen LogP contribution in [0.4, 0.5) is 5.69 Å². The van der Waals surface area contributed by atoms with Crippen LogP contribution in [0.3, 0.4) is 0 Å². The first-order chi connectivity index (χ1) is 15.2. The van der Waals surface area contributed by atoms with Gasteiger partial charge in [0.25, 0.3) is 5.91 Å². The minimum absolute atomic E-state index is 0.154. The molecule has 31 heavy (non-hydrogen) atoms. The number of hydrogen-bond acceptors (Lipinski definition) is 4. The summed E-state index contributed by atoms with van der Waals surface area (Å²) in [6, 6.07) is 21.1. The normalized spacial score (nSPS) is 14.8. The average Bonchev–Trinajstić information content (AvgIpc) is 3.38. The number of amides is 1. The number of rotatable bonds is 5. The number of nitrogens with zero attached hydrogens (tertiary/aromatic N) is 2. The van der Waals surface area contributed by atoms with Crippen LogP contribution in [-0.4, -0.2) is 15.5 Å². The first kappa shape index (κ1) is 19.5. The van der Waals surface area contributed by atoms with E-state index in [1.54, 1.807) is 18.3 Å². The van der Waals surface area contributed by atoms with Crippen molar-refractivity contribution in [1.82, 2.24) is 9.55 Å². The molecule has 0 saturated heterocycles. The predicted molar refractivity (Wildman–Crippen MR) is 124 cm³/mol. The molecule has 1 amide bonds. The minimum Gasteiger partial charge on any atom is -0.457 e. The van der Waals surface area contributed by atoms with Crippen LogP contribution in [0.15, 0.2) is 85.3 Å². The standard InChI is InChI=1S/C25H21N3O2S/c1-17-5-2-8-20(13-17)30-21-9-3-6-18(14-21)24(29)27-22-10-12-28-23(22)16-31-25(28)19-7-4-11-26-15-19/h2-15,25H,16H2,1H3,(H,27,29). The molecular formula is C25H21N3O2S. The van der Waals surface area contributed by atoms with Gasteiger partial charge < -0.3 is 14.6 Å². The largest absolute Gasteiger partial charge is 0.457 e. The Bertz CT molecular complexity index is 1240. The van der Waals surface area contributed by atoms with Gasteiger partial charge in [-0.2, -0.15) is 0 Å². The maximum absolute atomic E-state index is 12.9. The first-order valence-electron chi connectivity index (χ1n) is 10.0. The van der Waals surface area contributed by atoms with Gasteiger partial charge in [-0.25, -0.2) is 0 Å². The number of fused-ring (bicyclic) bond motifs is 1. The van der Waals surface area contributed by atoms with Crippen molar-refractivity contribution < 1.29 is 9.53 Å². The molecule has 2 aromatic heterocycles. The molecule has 1 unspecified atom stereocenters. The number of aromatic nitrogens is 2. The molecule has 154 valence electrons. The van der Waals surface area contributed by atoms with Crippen LogP contribution in [0.25, 0.3) is 0 Å². The summed E-state index contributed by atoms with van der Waals surface area (Å²) in [6.07, 6.45) is 5.70. The number of ether oxygens (including phenoxy) is 1. The summed E-state index contributed by atoms with van der Waals surface area (Å²) >= 11 is 1.82.